The summed E-state index contributed by atoms with van der Waals surface area (Å²) in [5.41, 5.74) is 0.460. The fraction of sp³-hybridized carbons (Fsp3) is 0.700. The summed E-state index contributed by atoms with van der Waals surface area (Å²) >= 11 is 0. The van der Waals surface area contributed by atoms with Crippen LogP contribution in [0, 0.1) is 0 Å². The molecule has 0 aromatic rings. The van der Waals surface area contributed by atoms with Crippen molar-refractivity contribution in [3.05, 3.63) is 12.2 Å². The second-order valence-corrected chi connectivity index (χ2v) is 6.07. The predicted molar refractivity (Wildman–Crippen MR) is 57.2 cm³/mol. The lowest BCUT2D eigenvalue weighted by atomic mass is 10.1. The second-order valence-electron chi connectivity index (χ2n) is 3.76. The second kappa shape index (κ2) is 4.79. The molecule has 1 aliphatic rings. The molecule has 5 heteroatoms. The molecule has 0 aromatic carbocycles. The maximum absolute atomic E-state index is 11.7. The van der Waals surface area contributed by atoms with E-state index in [0.717, 1.165) is 6.42 Å². The van der Waals surface area contributed by atoms with E-state index in [9.17, 15) is 13.2 Å². The predicted octanol–water partition coefficient (Wildman–Crippen LogP) is 1.07. The van der Waals surface area contributed by atoms with Crippen LogP contribution in [-0.2, 0) is 19.4 Å². The van der Waals surface area contributed by atoms with E-state index in [-0.39, 0.29) is 12.2 Å². The molecule has 1 fully saturated rings. The van der Waals surface area contributed by atoms with E-state index in [1.54, 1.807) is 0 Å². The monoisotopic (exact) mass is 232 g/mol. The molecule has 1 aliphatic heterocycles. The van der Waals surface area contributed by atoms with Gasteiger partial charge >= 0.3 is 5.97 Å². The number of sulfone groups is 1. The van der Waals surface area contributed by atoms with Crippen LogP contribution >= 0.6 is 0 Å². The smallest absolute Gasteiger partial charge is 0.309 e. The van der Waals surface area contributed by atoms with E-state index in [1.807, 2.05) is 0 Å². The quantitative estimate of drug-likeness (QED) is 0.539. The summed E-state index contributed by atoms with van der Waals surface area (Å²) in [6.07, 6.45) is 2.17. The Hall–Kier alpha value is -0.840. The minimum atomic E-state index is -3.08. The highest BCUT2D eigenvalue weighted by Gasteiger charge is 2.31. The summed E-state index contributed by atoms with van der Waals surface area (Å²) in [4.78, 5) is 11.0. The Balaban J connectivity index is 2.70. The Morgan fingerprint density at radius 2 is 2.13 bits per heavy atom. The van der Waals surface area contributed by atoms with Gasteiger partial charge in [0.05, 0.1) is 24.5 Å². The fourth-order valence-electron chi connectivity index (χ4n) is 1.78. The van der Waals surface area contributed by atoms with Gasteiger partial charge in [-0.3, -0.25) is 4.79 Å². The Morgan fingerprint density at radius 1 is 1.47 bits per heavy atom. The zero-order chi connectivity index (χ0) is 11.5. The van der Waals surface area contributed by atoms with Crippen molar-refractivity contribution >= 4 is 15.8 Å². The average molecular weight is 232 g/mol. The molecule has 4 nitrogen and oxygen atoms in total. The summed E-state index contributed by atoms with van der Waals surface area (Å²) in [5, 5.41) is -0.551. The first-order valence-corrected chi connectivity index (χ1v) is 6.65. The van der Waals surface area contributed by atoms with Gasteiger partial charge in [-0.2, -0.15) is 0 Å². The van der Waals surface area contributed by atoms with Crippen LogP contribution in [0.3, 0.4) is 0 Å². The maximum Gasteiger partial charge on any atom is 0.309 e. The Kier molecular flexibility index (Phi) is 3.90. The van der Waals surface area contributed by atoms with Crippen molar-refractivity contribution in [2.45, 2.75) is 30.9 Å². The molecule has 0 N–H and O–H groups in total. The van der Waals surface area contributed by atoms with Gasteiger partial charge in [0.25, 0.3) is 0 Å². The van der Waals surface area contributed by atoms with Crippen LogP contribution in [0.2, 0.25) is 0 Å². The Bertz CT molecular complexity index is 356. The van der Waals surface area contributed by atoms with E-state index in [2.05, 4.69) is 11.3 Å². The van der Waals surface area contributed by atoms with Crippen LogP contribution in [-0.4, -0.2) is 32.5 Å². The van der Waals surface area contributed by atoms with Gasteiger partial charge in [0.2, 0.25) is 0 Å². The normalized spacial score (nSPS) is 24.5. The largest absolute Gasteiger partial charge is 0.469 e. The van der Waals surface area contributed by atoms with Gasteiger partial charge in [0.1, 0.15) is 0 Å². The molecule has 0 spiro atoms. The van der Waals surface area contributed by atoms with Gasteiger partial charge in [0, 0.05) is 0 Å². The molecule has 1 unspecified atom stereocenters. The molecule has 1 heterocycles. The first-order chi connectivity index (χ1) is 6.97. The molecule has 0 bridgehead atoms. The Morgan fingerprint density at radius 3 is 2.67 bits per heavy atom. The molecular weight excluding hydrogens is 216 g/mol. The van der Waals surface area contributed by atoms with Crippen LogP contribution in [0.5, 0.6) is 0 Å². The minimum absolute atomic E-state index is 0.000394. The van der Waals surface area contributed by atoms with Crippen LogP contribution in [0.4, 0.5) is 0 Å². The summed E-state index contributed by atoms with van der Waals surface area (Å²) in [6.45, 7) is 3.68. The molecule has 0 amide bonds. The number of rotatable bonds is 3. The highest BCUT2D eigenvalue weighted by molar-refractivity contribution is 7.92. The lowest BCUT2D eigenvalue weighted by Gasteiger charge is -2.23. The van der Waals surface area contributed by atoms with Crippen molar-refractivity contribution in [2.75, 3.05) is 12.9 Å². The topological polar surface area (TPSA) is 60.4 Å². The number of hydrogen-bond acceptors (Lipinski definition) is 4. The zero-order valence-electron chi connectivity index (χ0n) is 8.86. The van der Waals surface area contributed by atoms with Crippen molar-refractivity contribution in [2.24, 2.45) is 0 Å². The third-order valence-electron chi connectivity index (χ3n) is 2.63. The van der Waals surface area contributed by atoms with Gasteiger partial charge in [-0.15, -0.1) is 0 Å². The molecule has 15 heavy (non-hydrogen) atoms. The van der Waals surface area contributed by atoms with Gasteiger partial charge in [-0.05, 0) is 18.4 Å². The first-order valence-electron chi connectivity index (χ1n) is 4.93. The summed E-state index contributed by atoms with van der Waals surface area (Å²) in [7, 11) is -1.80. The van der Waals surface area contributed by atoms with Crippen molar-refractivity contribution in [1.29, 1.82) is 0 Å². The molecule has 0 radical (unpaired) electrons. The van der Waals surface area contributed by atoms with Crippen molar-refractivity contribution in [1.82, 2.24) is 0 Å². The van der Waals surface area contributed by atoms with Crippen LogP contribution < -0.4 is 0 Å². The third-order valence-corrected chi connectivity index (χ3v) is 4.93. The lowest BCUT2D eigenvalue weighted by molar-refractivity contribution is -0.139. The molecule has 1 atom stereocenters. The van der Waals surface area contributed by atoms with E-state index in [1.165, 1.54) is 7.11 Å². The molecule has 1 saturated heterocycles. The lowest BCUT2D eigenvalue weighted by Crippen LogP contribution is -2.30. The number of carbonyl (C=O) groups is 1. The van der Waals surface area contributed by atoms with Crippen LogP contribution in [0.15, 0.2) is 12.2 Å². The molecular formula is C10H16O4S. The van der Waals surface area contributed by atoms with Gasteiger partial charge in [0.15, 0.2) is 9.84 Å². The van der Waals surface area contributed by atoms with E-state index in [4.69, 9.17) is 0 Å². The SMILES string of the molecule is C=C(CC(=O)OC)C1CCCCS1(=O)=O. The number of hydrogen-bond donors (Lipinski definition) is 0. The summed E-state index contributed by atoms with van der Waals surface area (Å²) < 4.78 is 27.8. The van der Waals surface area contributed by atoms with E-state index in [0.29, 0.717) is 18.4 Å². The maximum atomic E-state index is 11.7. The molecule has 86 valence electrons. The number of carbonyl (C=O) groups excluding carboxylic acids is 1. The molecule has 0 saturated carbocycles. The molecule has 0 aliphatic carbocycles. The third kappa shape index (κ3) is 3.06. The van der Waals surface area contributed by atoms with Gasteiger partial charge in [-0.25, -0.2) is 8.42 Å². The molecule has 1 rings (SSSR count). The average Bonchev–Trinajstić information content (AvgIpc) is 2.16. The first kappa shape index (κ1) is 12.2. The minimum Gasteiger partial charge on any atom is -0.469 e. The van der Waals surface area contributed by atoms with Crippen molar-refractivity contribution in [3.63, 3.8) is 0 Å². The number of esters is 1. The van der Waals surface area contributed by atoms with Crippen LogP contribution in [0.25, 0.3) is 0 Å². The van der Waals surface area contributed by atoms with Crippen molar-refractivity contribution in [3.8, 4) is 0 Å². The van der Waals surface area contributed by atoms with E-state index < -0.39 is 21.1 Å². The highest BCUT2D eigenvalue weighted by Crippen LogP contribution is 2.26. The summed E-state index contributed by atoms with van der Waals surface area (Å²) in [5.74, 6) is -0.224. The van der Waals surface area contributed by atoms with Gasteiger partial charge < -0.3 is 4.74 Å². The van der Waals surface area contributed by atoms with E-state index >= 15 is 0 Å². The van der Waals surface area contributed by atoms with Gasteiger partial charge in [-0.1, -0.05) is 13.0 Å². The standard InChI is InChI=1S/C10H16O4S/c1-8(7-10(11)14-2)9-5-3-4-6-15(9,12)13/h9H,1,3-7H2,2H3. The summed E-state index contributed by atoms with van der Waals surface area (Å²) in [6, 6.07) is 0. The number of methoxy groups -OCH3 is 1. The Labute approximate surface area is 90.2 Å². The highest BCUT2D eigenvalue weighted by atomic mass is 32.2. The zero-order valence-corrected chi connectivity index (χ0v) is 9.68. The van der Waals surface area contributed by atoms with Crippen LogP contribution in [0.1, 0.15) is 25.7 Å². The van der Waals surface area contributed by atoms with Crippen molar-refractivity contribution < 1.29 is 17.9 Å². The fourth-order valence-corrected chi connectivity index (χ4v) is 3.79. The number of ether oxygens (including phenoxy) is 1. The molecule has 0 aromatic heterocycles.